The molecule has 0 bridgehead atoms. The molecule has 2 aromatic rings. The van der Waals surface area contributed by atoms with Gasteiger partial charge in [0.2, 0.25) is 0 Å². The summed E-state index contributed by atoms with van der Waals surface area (Å²) in [7, 11) is 0. The van der Waals surface area contributed by atoms with Crippen LogP contribution in [0, 0.1) is 12.7 Å². The molecular weight excluding hydrogens is 275 g/mol. The van der Waals surface area contributed by atoms with Crippen molar-refractivity contribution in [2.45, 2.75) is 6.92 Å². The van der Waals surface area contributed by atoms with Crippen molar-refractivity contribution in [2.75, 3.05) is 11.1 Å². The van der Waals surface area contributed by atoms with Gasteiger partial charge >= 0.3 is 5.97 Å². The molecule has 0 saturated carbocycles. The molecule has 0 heterocycles. The van der Waals surface area contributed by atoms with Gasteiger partial charge in [0.25, 0.3) is 5.91 Å². The van der Waals surface area contributed by atoms with E-state index in [1.807, 2.05) is 0 Å². The zero-order valence-corrected chi connectivity index (χ0v) is 11.2. The molecule has 0 unspecified atom stereocenters. The number of carbonyl (C=O) groups is 2. The minimum absolute atomic E-state index is 0.0213. The van der Waals surface area contributed by atoms with E-state index in [4.69, 9.17) is 10.8 Å². The molecule has 108 valence electrons. The minimum Gasteiger partial charge on any atom is -0.478 e. The van der Waals surface area contributed by atoms with Gasteiger partial charge in [0, 0.05) is 11.3 Å². The number of carboxylic acids is 1. The van der Waals surface area contributed by atoms with Crippen LogP contribution < -0.4 is 11.1 Å². The van der Waals surface area contributed by atoms with E-state index in [1.54, 1.807) is 19.1 Å². The fourth-order valence-corrected chi connectivity index (χ4v) is 1.78. The van der Waals surface area contributed by atoms with Crippen molar-refractivity contribution in [3.05, 3.63) is 58.9 Å². The van der Waals surface area contributed by atoms with Crippen molar-refractivity contribution in [1.29, 1.82) is 0 Å². The molecule has 0 aliphatic carbocycles. The standard InChI is InChI=1S/C15H13FN2O3/c1-8-2-3-9(6-12(8)17)14(19)18-13-5-4-10(16)7-11(13)15(20)21/h2-7H,17H2,1H3,(H,18,19)(H,20,21). The zero-order valence-electron chi connectivity index (χ0n) is 11.2. The van der Waals surface area contributed by atoms with E-state index in [-0.39, 0.29) is 11.3 Å². The number of nitrogens with one attached hydrogen (secondary N) is 1. The normalized spacial score (nSPS) is 10.2. The van der Waals surface area contributed by atoms with Crippen molar-refractivity contribution < 1.29 is 19.1 Å². The van der Waals surface area contributed by atoms with E-state index in [9.17, 15) is 14.0 Å². The van der Waals surface area contributed by atoms with Gasteiger partial charge in [0.15, 0.2) is 0 Å². The third-order valence-electron chi connectivity index (χ3n) is 3.00. The van der Waals surface area contributed by atoms with Gasteiger partial charge in [0.1, 0.15) is 5.82 Å². The molecule has 0 spiro atoms. The van der Waals surface area contributed by atoms with Crippen molar-refractivity contribution in [2.24, 2.45) is 0 Å². The Hall–Kier alpha value is -2.89. The SMILES string of the molecule is Cc1ccc(C(=O)Nc2ccc(F)cc2C(=O)O)cc1N. The van der Waals surface area contributed by atoms with Gasteiger partial charge in [-0.25, -0.2) is 9.18 Å². The molecule has 0 aromatic heterocycles. The number of halogens is 1. The van der Waals surface area contributed by atoms with Crippen LogP contribution in [0.4, 0.5) is 15.8 Å². The molecule has 0 aliphatic heterocycles. The number of hydrogen-bond donors (Lipinski definition) is 3. The Labute approximate surface area is 120 Å². The van der Waals surface area contributed by atoms with E-state index >= 15 is 0 Å². The fraction of sp³-hybridized carbons (Fsp3) is 0.0667. The van der Waals surface area contributed by atoms with Crippen LogP contribution in [-0.4, -0.2) is 17.0 Å². The largest absolute Gasteiger partial charge is 0.478 e. The third kappa shape index (κ3) is 3.17. The molecule has 1 amide bonds. The Morgan fingerprint density at radius 1 is 1.19 bits per heavy atom. The number of nitrogen functional groups attached to an aromatic ring is 1. The summed E-state index contributed by atoms with van der Waals surface area (Å²) in [6.07, 6.45) is 0. The van der Waals surface area contributed by atoms with Crippen LogP contribution in [-0.2, 0) is 0 Å². The van der Waals surface area contributed by atoms with Gasteiger partial charge in [-0.15, -0.1) is 0 Å². The molecule has 21 heavy (non-hydrogen) atoms. The van der Waals surface area contributed by atoms with Gasteiger partial charge in [-0.05, 0) is 42.8 Å². The lowest BCUT2D eigenvalue weighted by molar-refractivity contribution is 0.0697. The summed E-state index contributed by atoms with van der Waals surface area (Å²) in [5, 5.41) is 11.5. The lowest BCUT2D eigenvalue weighted by Gasteiger charge is -2.09. The summed E-state index contributed by atoms with van der Waals surface area (Å²) in [4.78, 5) is 23.1. The van der Waals surface area contributed by atoms with E-state index in [2.05, 4.69) is 5.32 Å². The number of anilines is 2. The molecule has 2 rings (SSSR count). The van der Waals surface area contributed by atoms with Crippen LogP contribution in [0.15, 0.2) is 36.4 Å². The molecular formula is C15H13FN2O3. The Balaban J connectivity index is 2.31. The lowest BCUT2D eigenvalue weighted by Crippen LogP contribution is -2.15. The quantitative estimate of drug-likeness (QED) is 0.757. The summed E-state index contributed by atoms with van der Waals surface area (Å²) >= 11 is 0. The van der Waals surface area contributed by atoms with Crippen LogP contribution >= 0.6 is 0 Å². The van der Waals surface area contributed by atoms with Crippen LogP contribution in [0.3, 0.4) is 0 Å². The average molecular weight is 288 g/mol. The maximum atomic E-state index is 13.1. The first-order valence-electron chi connectivity index (χ1n) is 6.09. The van der Waals surface area contributed by atoms with E-state index in [0.717, 1.165) is 17.7 Å². The Morgan fingerprint density at radius 3 is 2.52 bits per heavy atom. The van der Waals surface area contributed by atoms with Crippen molar-refractivity contribution in [3.63, 3.8) is 0 Å². The molecule has 2 aromatic carbocycles. The molecule has 0 saturated heterocycles. The summed E-state index contributed by atoms with van der Waals surface area (Å²) in [6, 6.07) is 7.88. The first-order chi connectivity index (χ1) is 9.88. The Morgan fingerprint density at radius 2 is 1.90 bits per heavy atom. The molecule has 0 fully saturated rings. The van der Waals surface area contributed by atoms with Crippen LogP contribution in [0.2, 0.25) is 0 Å². The number of benzene rings is 2. The molecule has 5 nitrogen and oxygen atoms in total. The predicted octanol–water partition coefficient (Wildman–Crippen LogP) is 2.67. The second kappa shape index (κ2) is 5.62. The van der Waals surface area contributed by atoms with Crippen molar-refractivity contribution >= 4 is 23.3 Å². The number of carbonyl (C=O) groups excluding carboxylic acids is 1. The Kier molecular flexibility index (Phi) is 3.89. The average Bonchev–Trinajstić information content (AvgIpc) is 2.43. The number of hydrogen-bond acceptors (Lipinski definition) is 3. The fourth-order valence-electron chi connectivity index (χ4n) is 1.78. The number of aryl methyl sites for hydroxylation is 1. The first kappa shape index (κ1) is 14.5. The number of rotatable bonds is 3. The van der Waals surface area contributed by atoms with Gasteiger partial charge in [0.05, 0.1) is 11.3 Å². The summed E-state index contributed by atoms with van der Waals surface area (Å²) < 4.78 is 13.1. The minimum atomic E-state index is -1.33. The number of carboxylic acid groups (broad SMARTS) is 1. The highest BCUT2D eigenvalue weighted by molar-refractivity contribution is 6.08. The monoisotopic (exact) mass is 288 g/mol. The number of aromatic carboxylic acids is 1. The molecule has 6 heteroatoms. The second-order valence-electron chi connectivity index (χ2n) is 4.52. The van der Waals surface area contributed by atoms with E-state index in [1.165, 1.54) is 12.1 Å². The third-order valence-corrected chi connectivity index (χ3v) is 3.00. The predicted molar refractivity (Wildman–Crippen MR) is 76.9 cm³/mol. The summed E-state index contributed by atoms with van der Waals surface area (Å²) in [5.74, 6) is -2.53. The Bertz CT molecular complexity index is 729. The second-order valence-corrected chi connectivity index (χ2v) is 4.52. The smallest absolute Gasteiger partial charge is 0.337 e. The summed E-state index contributed by atoms with van der Waals surface area (Å²) in [5.41, 5.74) is 7.01. The highest BCUT2D eigenvalue weighted by Gasteiger charge is 2.15. The zero-order chi connectivity index (χ0) is 15.6. The number of nitrogens with two attached hydrogens (primary N) is 1. The summed E-state index contributed by atoms with van der Waals surface area (Å²) in [6.45, 7) is 1.81. The van der Waals surface area contributed by atoms with Crippen LogP contribution in [0.25, 0.3) is 0 Å². The van der Waals surface area contributed by atoms with Crippen molar-refractivity contribution in [1.82, 2.24) is 0 Å². The molecule has 0 atom stereocenters. The number of amides is 1. The highest BCUT2D eigenvalue weighted by Crippen LogP contribution is 2.19. The molecule has 0 aliphatic rings. The topological polar surface area (TPSA) is 92.4 Å². The van der Waals surface area contributed by atoms with Gasteiger partial charge in [-0.2, -0.15) is 0 Å². The van der Waals surface area contributed by atoms with E-state index < -0.39 is 17.7 Å². The van der Waals surface area contributed by atoms with Crippen LogP contribution in [0.1, 0.15) is 26.3 Å². The maximum absolute atomic E-state index is 13.1. The molecule has 0 radical (unpaired) electrons. The van der Waals surface area contributed by atoms with Crippen molar-refractivity contribution in [3.8, 4) is 0 Å². The maximum Gasteiger partial charge on any atom is 0.337 e. The van der Waals surface area contributed by atoms with Gasteiger partial charge < -0.3 is 16.2 Å². The first-order valence-corrected chi connectivity index (χ1v) is 6.09. The van der Waals surface area contributed by atoms with Crippen LogP contribution in [0.5, 0.6) is 0 Å². The highest BCUT2D eigenvalue weighted by atomic mass is 19.1. The van der Waals surface area contributed by atoms with Gasteiger partial charge in [-0.1, -0.05) is 6.07 Å². The lowest BCUT2D eigenvalue weighted by atomic mass is 10.1. The van der Waals surface area contributed by atoms with Gasteiger partial charge in [-0.3, -0.25) is 4.79 Å². The van der Waals surface area contributed by atoms with E-state index in [0.29, 0.717) is 11.3 Å². The molecule has 4 N–H and O–H groups in total.